The third kappa shape index (κ3) is 2.36. The van der Waals surface area contributed by atoms with Gasteiger partial charge in [0.15, 0.2) is 0 Å². The maximum Gasteiger partial charge on any atom is 0.252 e. The first-order valence-corrected chi connectivity index (χ1v) is 8.21. The Hall–Kier alpha value is -2.14. The van der Waals surface area contributed by atoms with Crippen LogP contribution in [0.2, 0.25) is 0 Å². The van der Waals surface area contributed by atoms with Gasteiger partial charge in [0.05, 0.1) is 5.56 Å². The van der Waals surface area contributed by atoms with E-state index < -0.39 is 0 Å². The number of para-hydroxylation sites is 1. The van der Waals surface area contributed by atoms with Crippen LogP contribution in [0.25, 0.3) is 10.9 Å². The van der Waals surface area contributed by atoms with Crippen molar-refractivity contribution in [3.8, 4) is 0 Å². The first kappa shape index (κ1) is 14.5. The van der Waals surface area contributed by atoms with E-state index in [-0.39, 0.29) is 30.0 Å². The fourth-order valence-electron chi connectivity index (χ4n) is 4.52. The van der Waals surface area contributed by atoms with Gasteiger partial charge in [-0.3, -0.25) is 9.59 Å². The van der Waals surface area contributed by atoms with Gasteiger partial charge in [-0.2, -0.15) is 0 Å². The number of aliphatic hydroxyl groups is 1. The van der Waals surface area contributed by atoms with Crippen LogP contribution in [0.15, 0.2) is 35.1 Å². The maximum atomic E-state index is 12.8. The number of fused-ring (bicyclic) bond motifs is 3. The normalized spacial score (nSPS) is 29.1. The summed E-state index contributed by atoms with van der Waals surface area (Å²) in [5.74, 6) is 0.898. The minimum absolute atomic E-state index is 0.0179. The minimum atomic E-state index is -0.277. The van der Waals surface area contributed by atoms with Crippen LogP contribution in [0.3, 0.4) is 0 Å². The zero-order valence-electron chi connectivity index (χ0n) is 12.8. The molecule has 4 rings (SSSR count). The molecule has 2 aromatic rings. The molecule has 5 heteroatoms. The first-order valence-electron chi connectivity index (χ1n) is 8.21. The molecule has 1 heterocycles. The van der Waals surface area contributed by atoms with Crippen molar-refractivity contribution in [2.45, 2.75) is 25.3 Å². The Morgan fingerprint density at radius 2 is 2.04 bits per heavy atom. The number of carbonyl (C=O) groups excluding carboxylic acids is 1. The molecule has 4 atom stereocenters. The molecule has 2 aliphatic rings. The average molecular weight is 312 g/mol. The number of benzene rings is 1. The number of aromatic amines is 1. The third-order valence-corrected chi connectivity index (χ3v) is 5.59. The predicted molar refractivity (Wildman–Crippen MR) is 87.2 cm³/mol. The number of hydrogen-bond acceptors (Lipinski definition) is 3. The van der Waals surface area contributed by atoms with Crippen molar-refractivity contribution in [2.75, 3.05) is 6.61 Å². The standard InChI is InChI=1S/C18H20N2O3/c21-9-14-10-5-6-11(7-10)17(14)20-18(23)13-8-16(22)19-15-4-2-1-3-12(13)15/h1-4,8,10-11,14,17,21H,5-7,9H2,(H,19,22)(H,20,23). The van der Waals surface area contributed by atoms with Gasteiger partial charge >= 0.3 is 0 Å². The number of aliphatic hydroxyl groups excluding tert-OH is 1. The van der Waals surface area contributed by atoms with Gasteiger partial charge in [0.1, 0.15) is 0 Å². The molecule has 2 bridgehead atoms. The lowest BCUT2D eigenvalue weighted by Crippen LogP contribution is -2.45. The zero-order valence-corrected chi connectivity index (χ0v) is 12.8. The van der Waals surface area contributed by atoms with Crippen LogP contribution < -0.4 is 10.9 Å². The lowest BCUT2D eigenvalue weighted by Gasteiger charge is -2.30. The number of pyridine rings is 1. The zero-order chi connectivity index (χ0) is 16.0. The molecule has 0 spiro atoms. The van der Waals surface area contributed by atoms with E-state index in [2.05, 4.69) is 10.3 Å². The largest absolute Gasteiger partial charge is 0.396 e. The van der Waals surface area contributed by atoms with Gasteiger partial charge in [-0.05, 0) is 37.2 Å². The van der Waals surface area contributed by atoms with Gasteiger partial charge in [-0.15, -0.1) is 0 Å². The maximum absolute atomic E-state index is 12.8. The van der Waals surface area contributed by atoms with E-state index in [0.717, 1.165) is 24.6 Å². The lowest BCUT2D eigenvalue weighted by molar-refractivity contribution is 0.0863. The number of hydrogen-bond donors (Lipinski definition) is 3. The summed E-state index contributed by atoms with van der Waals surface area (Å²) in [4.78, 5) is 27.3. The molecule has 0 saturated heterocycles. The molecule has 23 heavy (non-hydrogen) atoms. The molecule has 2 aliphatic carbocycles. The van der Waals surface area contributed by atoms with Crippen molar-refractivity contribution >= 4 is 16.8 Å². The van der Waals surface area contributed by atoms with E-state index in [9.17, 15) is 14.7 Å². The van der Waals surface area contributed by atoms with Gasteiger partial charge in [0.2, 0.25) is 5.56 Å². The molecule has 1 aromatic heterocycles. The van der Waals surface area contributed by atoms with Crippen molar-refractivity contribution in [3.63, 3.8) is 0 Å². The SMILES string of the molecule is O=C(NC1C2CCC(C2)C1CO)c1cc(=O)[nH]c2ccccc12. The van der Waals surface area contributed by atoms with Crippen LogP contribution in [-0.2, 0) is 0 Å². The summed E-state index contributed by atoms with van der Waals surface area (Å²) in [6, 6.07) is 8.69. The van der Waals surface area contributed by atoms with Crippen molar-refractivity contribution in [1.29, 1.82) is 0 Å². The van der Waals surface area contributed by atoms with Gasteiger partial charge in [0.25, 0.3) is 5.91 Å². The number of carbonyl (C=O) groups is 1. The summed E-state index contributed by atoms with van der Waals surface area (Å²) >= 11 is 0. The summed E-state index contributed by atoms with van der Waals surface area (Å²) < 4.78 is 0. The highest BCUT2D eigenvalue weighted by Gasteiger charge is 2.47. The van der Waals surface area contributed by atoms with E-state index in [4.69, 9.17) is 0 Å². The molecule has 3 N–H and O–H groups in total. The van der Waals surface area contributed by atoms with E-state index >= 15 is 0 Å². The van der Waals surface area contributed by atoms with E-state index in [1.165, 1.54) is 6.07 Å². The minimum Gasteiger partial charge on any atom is -0.396 e. The van der Waals surface area contributed by atoms with Gasteiger partial charge in [0, 0.05) is 35.5 Å². The molecule has 2 fully saturated rings. The second-order valence-corrected chi connectivity index (χ2v) is 6.77. The molecular weight excluding hydrogens is 292 g/mol. The topological polar surface area (TPSA) is 82.2 Å². The monoisotopic (exact) mass is 312 g/mol. The third-order valence-electron chi connectivity index (χ3n) is 5.59. The molecule has 1 amide bonds. The summed E-state index contributed by atoms with van der Waals surface area (Å²) in [5.41, 5.74) is 0.793. The summed E-state index contributed by atoms with van der Waals surface area (Å²) in [6.45, 7) is 0.113. The number of aromatic nitrogens is 1. The van der Waals surface area contributed by atoms with Crippen molar-refractivity contribution in [1.82, 2.24) is 10.3 Å². The highest BCUT2D eigenvalue weighted by Crippen LogP contribution is 2.48. The fourth-order valence-corrected chi connectivity index (χ4v) is 4.52. The Kier molecular flexibility index (Phi) is 3.45. The Labute approximate surface area is 133 Å². The van der Waals surface area contributed by atoms with Crippen LogP contribution in [0.4, 0.5) is 0 Å². The number of nitrogens with one attached hydrogen (secondary N) is 2. The van der Waals surface area contributed by atoms with Crippen molar-refractivity contribution < 1.29 is 9.90 Å². The van der Waals surface area contributed by atoms with Crippen LogP contribution in [0.1, 0.15) is 29.6 Å². The first-order chi connectivity index (χ1) is 11.2. The summed E-state index contributed by atoms with van der Waals surface area (Å²) in [7, 11) is 0. The second kappa shape index (κ2) is 5.49. The predicted octanol–water partition coefficient (Wildman–Crippen LogP) is 1.66. The van der Waals surface area contributed by atoms with Crippen LogP contribution in [-0.4, -0.2) is 28.6 Å². The van der Waals surface area contributed by atoms with E-state index in [0.29, 0.717) is 22.9 Å². The van der Waals surface area contributed by atoms with Crippen molar-refractivity contribution in [2.24, 2.45) is 17.8 Å². The highest BCUT2D eigenvalue weighted by molar-refractivity contribution is 6.06. The van der Waals surface area contributed by atoms with Crippen LogP contribution in [0.5, 0.6) is 0 Å². The molecule has 0 radical (unpaired) electrons. The molecule has 4 unspecified atom stereocenters. The molecule has 0 aliphatic heterocycles. The Morgan fingerprint density at radius 3 is 2.87 bits per heavy atom. The quantitative estimate of drug-likeness (QED) is 0.806. The van der Waals surface area contributed by atoms with E-state index in [1.54, 1.807) is 6.07 Å². The lowest BCUT2D eigenvalue weighted by atomic mass is 9.85. The number of H-pyrrole nitrogens is 1. The molecule has 1 aromatic carbocycles. The summed E-state index contributed by atoms with van der Waals surface area (Å²) in [5, 5.41) is 13.5. The van der Waals surface area contributed by atoms with Crippen LogP contribution in [0, 0.1) is 17.8 Å². The van der Waals surface area contributed by atoms with Gasteiger partial charge < -0.3 is 15.4 Å². The smallest absolute Gasteiger partial charge is 0.252 e. The second-order valence-electron chi connectivity index (χ2n) is 6.77. The van der Waals surface area contributed by atoms with Crippen molar-refractivity contribution in [3.05, 3.63) is 46.2 Å². The van der Waals surface area contributed by atoms with Gasteiger partial charge in [-0.1, -0.05) is 18.2 Å². The molecular formula is C18H20N2O3. The number of amides is 1. The Bertz CT molecular complexity index is 813. The highest BCUT2D eigenvalue weighted by atomic mass is 16.3. The van der Waals surface area contributed by atoms with Crippen LogP contribution >= 0.6 is 0 Å². The summed E-state index contributed by atoms with van der Waals surface area (Å²) in [6.07, 6.45) is 3.35. The Balaban J connectivity index is 1.66. The fraction of sp³-hybridized carbons (Fsp3) is 0.444. The van der Waals surface area contributed by atoms with Gasteiger partial charge in [-0.25, -0.2) is 0 Å². The van der Waals surface area contributed by atoms with E-state index in [1.807, 2.05) is 18.2 Å². The molecule has 120 valence electrons. The molecule has 2 saturated carbocycles. The molecule has 5 nitrogen and oxygen atoms in total. The Morgan fingerprint density at radius 1 is 1.26 bits per heavy atom. The number of rotatable bonds is 3. The average Bonchev–Trinajstić information content (AvgIpc) is 3.15.